The summed E-state index contributed by atoms with van der Waals surface area (Å²) >= 11 is 1.90. The first-order valence-electron chi connectivity index (χ1n) is 8.35. The van der Waals surface area contributed by atoms with Gasteiger partial charge in [0, 0.05) is 43.6 Å². The van der Waals surface area contributed by atoms with Crippen molar-refractivity contribution >= 4 is 53.9 Å². The van der Waals surface area contributed by atoms with E-state index in [4.69, 9.17) is 0 Å². The zero-order valence-electron chi connectivity index (χ0n) is 14.1. The summed E-state index contributed by atoms with van der Waals surface area (Å²) in [6, 6.07) is 8.22. The smallest absolute Gasteiger partial charge is 0.226 e. The fourth-order valence-electron chi connectivity index (χ4n) is 3.14. The number of piperidine rings is 1. The summed E-state index contributed by atoms with van der Waals surface area (Å²) in [5, 5.41) is 16.1. The summed E-state index contributed by atoms with van der Waals surface area (Å²) < 4.78 is 0. The molecule has 2 aliphatic rings. The average molecular weight is 408 g/mol. The van der Waals surface area contributed by atoms with E-state index in [1.54, 1.807) is 0 Å². The van der Waals surface area contributed by atoms with Crippen LogP contribution < -0.4 is 15.5 Å². The van der Waals surface area contributed by atoms with Crippen LogP contribution in [-0.2, 0) is 4.79 Å². The van der Waals surface area contributed by atoms with Crippen LogP contribution in [0, 0.1) is 0 Å². The molecular formula is C17H27Cl2N3O2S. The van der Waals surface area contributed by atoms with Crippen LogP contribution in [0.4, 0.5) is 11.4 Å². The molecule has 2 saturated heterocycles. The number of anilines is 2. The largest absolute Gasteiger partial charge is 0.393 e. The Morgan fingerprint density at radius 3 is 2.68 bits per heavy atom. The van der Waals surface area contributed by atoms with Gasteiger partial charge in [-0.25, -0.2) is 0 Å². The fourth-order valence-corrected chi connectivity index (χ4v) is 4.09. The molecule has 1 aromatic carbocycles. The Labute approximate surface area is 166 Å². The molecule has 1 atom stereocenters. The molecule has 0 aromatic heterocycles. The normalized spacial score (nSPS) is 21.0. The van der Waals surface area contributed by atoms with Crippen molar-refractivity contribution in [3.8, 4) is 0 Å². The summed E-state index contributed by atoms with van der Waals surface area (Å²) in [5.74, 6) is 2.19. The number of aliphatic hydroxyl groups is 1. The van der Waals surface area contributed by atoms with Crippen molar-refractivity contribution in [2.24, 2.45) is 0 Å². The number of carbonyl (C=O) groups is 1. The molecule has 0 spiro atoms. The number of aliphatic hydroxyl groups excluding tert-OH is 1. The lowest BCUT2D eigenvalue weighted by Gasteiger charge is -2.33. The molecule has 3 N–H and O–H groups in total. The van der Waals surface area contributed by atoms with Crippen LogP contribution in [0.3, 0.4) is 0 Å². The van der Waals surface area contributed by atoms with E-state index in [1.807, 2.05) is 36.0 Å². The van der Waals surface area contributed by atoms with Crippen LogP contribution in [-0.4, -0.2) is 54.3 Å². The van der Waals surface area contributed by atoms with E-state index in [2.05, 4.69) is 15.5 Å². The zero-order chi connectivity index (χ0) is 16.1. The van der Waals surface area contributed by atoms with Crippen LogP contribution in [0.25, 0.3) is 0 Å². The number of hydrogen-bond acceptors (Lipinski definition) is 5. The van der Waals surface area contributed by atoms with Crippen molar-refractivity contribution in [1.29, 1.82) is 0 Å². The third-order valence-electron chi connectivity index (χ3n) is 4.41. The van der Waals surface area contributed by atoms with Crippen molar-refractivity contribution in [3.05, 3.63) is 24.3 Å². The standard InChI is InChI=1S/C17H25N3O2S.2ClH/c21-14-5-8-20(9-6-14)16-4-2-1-3-15(16)19-17(22)11-13-12-23-10-7-18-13;;/h1-4,13-14,18,21H,5-12H2,(H,19,22);2*1H. The van der Waals surface area contributed by atoms with Crippen LogP contribution in [0.2, 0.25) is 0 Å². The maximum absolute atomic E-state index is 12.3. The predicted octanol–water partition coefficient (Wildman–Crippen LogP) is 2.52. The van der Waals surface area contributed by atoms with Gasteiger partial charge in [0.05, 0.1) is 17.5 Å². The third-order valence-corrected chi connectivity index (χ3v) is 5.54. The van der Waals surface area contributed by atoms with Crippen molar-refractivity contribution in [3.63, 3.8) is 0 Å². The molecule has 2 heterocycles. The number of rotatable bonds is 4. The van der Waals surface area contributed by atoms with Crippen LogP contribution in [0.15, 0.2) is 24.3 Å². The summed E-state index contributed by atoms with van der Waals surface area (Å²) in [6.45, 7) is 2.64. The van der Waals surface area contributed by atoms with Gasteiger partial charge in [0.15, 0.2) is 0 Å². The number of thioether (sulfide) groups is 1. The van der Waals surface area contributed by atoms with Gasteiger partial charge in [0.25, 0.3) is 0 Å². The van der Waals surface area contributed by atoms with Gasteiger partial charge in [-0.05, 0) is 25.0 Å². The Kier molecular flexibility index (Phi) is 9.97. The van der Waals surface area contributed by atoms with Crippen LogP contribution >= 0.6 is 36.6 Å². The molecule has 2 fully saturated rings. The lowest BCUT2D eigenvalue weighted by molar-refractivity contribution is -0.116. The minimum Gasteiger partial charge on any atom is -0.393 e. The molecule has 1 unspecified atom stereocenters. The second-order valence-corrected chi connectivity index (χ2v) is 7.36. The van der Waals surface area contributed by atoms with Crippen LogP contribution in [0.1, 0.15) is 19.3 Å². The number of hydrogen-bond donors (Lipinski definition) is 3. The van der Waals surface area contributed by atoms with Gasteiger partial charge in [-0.15, -0.1) is 24.8 Å². The molecule has 1 aromatic rings. The van der Waals surface area contributed by atoms with Crippen molar-refractivity contribution in [2.45, 2.75) is 31.4 Å². The Morgan fingerprint density at radius 1 is 1.28 bits per heavy atom. The highest BCUT2D eigenvalue weighted by Gasteiger charge is 2.21. The van der Waals surface area contributed by atoms with E-state index in [0.717, 1.165) is 55.4 Å². The zero-order valence-corrected chi connectivity index (χ0v) is 16.6. The fraction of sp³-hybridized carbons (Fsp3) is 0.588. The van der Waals surface area contributed by atoms with Gasteiger partial charge >= 0.3 is 0 Å². The first kappa shape index (κ1) is 22.4. The molecule has 0 bridgehead atoms. The highest BCUT2D eigenvalue weighted by Crippen LogP contribution is 2.28. The first-order chi connectivity index (χ1) is 11.2. The molecule has 3 rings (SSSR count). The topological polar surface area (TPSA) is 64.6 Å². The Morgan fingerprint density at radius 2 is 2.00 bits per heavy atom. The molecule has 2 aliphatic heterocycles. The number of benzene rings is 1. The minimum absolute atomic E-state index is 0. The number of nitrogens with zero attached hydrogens (tertiary/aromatic N) is 1. The molecule has 8 heteroatoms. The number of amides is 1. The van der Waals surface area contributed by atoms with Gasteiger partial charge in [-0.3, -0.25) is 4.79 Å². The van der Waals surface area contributed by atoms with Gasteiger partial charge < -0.3 is 20.6 Å². The van der Waals surface area contributed by atoms with Gasteiger partial charge in [0.2, 0.25) is 5.91 Å². The first-order valence-corrected chi connectivity index (χ1v) is 9.51. The lowest BCUT2D eigenvalue weighted by atomic mass is 10.1. The van der Waals surface area contributed by atoms with Gasteiger partial charge in [-0.2, -0.15) is 11.8 Å². The number of para-hydroxylation sites is 2. The minimum atomic E-state index is -0.192. The maximum Gasteiger partial charge on any atom is 0.226 e. The van der Waals surface area contributed by atoms with Crippen molar-refractivity contribution < 1.29 is 9.90 Å². The molecule has 25 heavy (non-hydrogen) atoms. The number of nitrogens with one attached hydrogen (secondary N) is 2. The molecular weight excluding hydrogens is 381 g/mol. The SMILES string of the molecule is Cl.Cl.O=C(CC1CSCCN1)Nc1ccccc1N1CCC(O)CC1. The second-order valence-electron chi connectivity index (χ2n) is 6.21. The van der Waals surface area contributed by atoms with E-state index < -0.39 is 0 Å². The van der Waals surface area contributed by atoms with Gasteiger partial charge in [0.1, 0.15) is 0 Å². The van der Waals surface area contributed by atoms with E-state index >= 15 is 0 Å². The Balaban J connectivity index is 0.00000156. The van der Waals surface area contributed by atoms with E-state index in [1.165, 1.54) is 0 Å². The number of carbonyl (C=O) groups excluding carboxylic acids is 1. The molecule has 0 saturated carbocycles. The molecule has 142 valence electrons. The summed E-state index contributed by atoms with van der Waals surface area (Å²) in [6.07, 6.45) is 1.89. The summed E-state index contributed by atoms with van der Waals surface area (Å²) in [5.41, 5.74) is 1.93. The highest BCUT2D eigenvalue weighted by atomic mass is 35.5. The van der Waals surface area contributed by atoms with Crippen molar-refractivity contribution in [2.75, 3.05) is 41.4 Å². The maximum atomic E-state index is 12.3. The average Bonchev–Trinajstić information content (AvgIpc) is 2.57. The lowest BCUT2D eigenvalue weighted by Crippen LogP contribution is -2.40. The number of halogens is 2. The molecule has 0 aliphatic carbocycles. The predicted molar refractivity (Wildman–Crippen MR) is 111 cm³/mol. The summed E-state index contributed by atoms with van der Waals surface area (Å²) in [7, 11) is 0. The van der Waals surface area contributed by atoms with Gasteiger partial charge in [-0.1, -0.05) is 12.1 Å². The summed E-state index contributed by atoms with van der Waals surface area (Å²) in [4.78, 5) is 14.6. The van der Waals surface area contributed by atoms with Crippen molar-refractivity contribution in [1.82, 2.24) is 5.32 Å². The second kappa shape index (κ2) is 11.1. The monoisotopic (exact) mass is 407 g/mol. The molecule has 5 nitrogen and oxygen atoms in total. The Bertz CT molecular complexity index is 536. The van der Waals surface area contributed by atoms with E-state index in [-0.39, 0.29) is 42.9 Å². The highest BCUT2D eigenvalue weighted by molar-refractivity contribution is 7.99. The van der Waals surface area contributed by atoms with Crippen LogP contribution in [0.5, 0.6) is 0 Å². The third kappa shape index (κ3) is 6.53. The van der Waals surface area contributed by atoms with E-state index in [0.29, 0.717) is 6.42 Å². The Hall–Kier alpha value is -0.660. The van der Waals surface area contributed by atoms with E-state index in [9.17, 15) is 9.90 Å². The molecule has 0 radical (unpaired) electrons. The quantitative estimate of drug-likeness (QED) is 0.715. The molecule has 1 amide bonds.